The monoisotopic (exact) mass is 293 g/mol. The first-order valence-corrected chi connectivity index (χ1v) is 7.22. The van der Waals surface area contributed by atoms with Gasteiger partial charge in [0, 0.05) is 12.1 Å². The fourth-order valence-corrected chi connectivity index (χ4v) is 2.15. The normalized spacial score (nSPS) is 12.2. The topological polar surface area (TPSA) is 58.4 Å². The van der Waals surface area contributed by atoms with Gasteiger partial charge in [0.25, 0.3) is 0 Å². The van der Waals surface area contributed by atoms with E-state index in [1.807, 2.05) is 24.1 Å². The van der Waals surface area contributed by atoms with Crippen LogP contribution < -0.4 is 11.1 Å². The number of para-hydroxylation sites is 1. The fraction of sp³-hybridized carbons (Fsp3) is 0.467. The van der Waals surface area contributed by atoms with Crippen LogP contribution >= 0.6 is 12.2 Å². The van der Waals surface area contributed by atoms with Crippen molar-refractivity contribution in [3.8, 4) is 0 Å². The highest BCUT2D eigenvalue weighted by Crippen LogP contribution is 2.14. The zero-order chi connectivity index (χ0) is 15.1. The van der Waals surface area contributed by atoms with Crippen LogP contribution in [0.3, 0.4) is 0 Å². The second kappa shape index (κ2) is 7.97. The predicted molar refractivity (Wildman–Crippen MR) is 87.9 cm³/mol. The van der Waals surface area contributed by atoms with Gasteiger partial charge in [-0.3, -0.25) is 9.69 Å². The lowest BCUT2D eigenvalue weighted by molar-refractivity contribution is -0.117. The first-order valence-electron chi connectivity index (χ1n) is 6.81. The number of thiocarbonyl (C=S) groups is 1. The minimum atomic E-state index is -0.0560. The fourth-order valence-electron chi connectivity index (χ4n) is 1.97. The van der Waals surface area contributed by atoms with Crippen LogP contribution in [-0.4, -0.2) is 35.9 Å². The molecule has 110 valence electrons. The highest BCUT2D eigenvalue weighted by Gasteiger charge is 2.11. The molecular formula is C15H23N3OS. The molecule has 0 saturated heterocycles. The molecule has 1 atom stereocenters. The maximum absolute atomic E-state index is 12.0. The summed E-state index contributed by atoms with van der Waals surface area (Å²) in [6, 6.07) is 7.31. The van der Waals surface area contributed by atoms with Gasteiger partial charge in [-0.25, -0.2) is 0 Å². The van der Waals surface area contributed by atoms with E-state index in [4.69, 9.17) is 18.0 Å². The van der Waals surface area contributed by atoms with Gasteiger partial charge in [-0.15, -0.1) is 0 Å². The lowest BCUT2D eigenvalue weighted by atomic mass is 10.1. The molecule has 0 aliphatic carbocycles. The molecule has 0 spiro atoms. The van der Waals surface area contributed by atoms with E-state index in [1.54, 1.807) is 12.1 Å². The molecule has 1 rings (SSSR count). The Bertz CT molecular complexity index is 476. The molecule has 0 aliphatic heterocycles. The molecule has 0 heterocycles. The Morgan fingerprint density at radius 2 is 2.10 bits per heavy atom. The van der Waals surface area contributed by atoms with Crippen LogP contribution in [0.25, 0.3) is 0 Å². The van der Waals surface area contributed by atoms with Gasteiger partial charge in [0.15, 0.2) is 0 Å². The van der Waals surface area contributed by atoms with E-state index in [1.165, 1.54) is 0 Å². The highest BCUT2D eigenvalue weighted by molar-refractivity contribution is 7.80. The van der Waals surface area contributed by atoms with Gasteiger partial charge in [0.2, 0.25) is 5.91 Å². The summed E-state index contributed by atoms with van der Waals surface area (Å²) in [7, 11) is 1.95. The maximum atomic E-state index is 12.0. The van der Waals surface area contributed by atoms with Crippen molar-refractivity contribution < 1.29 is 4.79 Å². The number of hydrogen-bond donors (Lipinski definition) is 2. The van der Waals surface area contributed by atoms with Crippen LogP contribution in [-0.2, 0) is 4.79 Å². The number of benzene rings is 1. The summed E-state index contributed by atoms with van der Waals surface area (Å²) in [5, 5.41) is 2.87. The first kappa shape index (κ1) is 16.6. The molecule has 3 N–H and O–H groups in total. The molecule has 1 aromatic rings. The first-order chi connectivity index (χ1) is 9.43. The number of nitrogens with two attached hydrogens (primary N) is 1. The Kier molecular flexibility index (Phi) is 6.61. The lowest BCUT2D eigenvalue weighted by Crippen LogP contribution is -2.33. The van der Waals surface area contributed by atoms with Crippen molar-refractivity contribution in [3.05, 3.63) is 29.8 Å². The SMILES string of the molecule is CCC(C)CN(C)CC(=O)Nc1ccccc1C(N)=S. The van der Waals surface area contributed by atoms with Crippen molar-refractivity contribution >= 4 is 28.8 Å². The van der Waals surface area contributed by atoms with Gasteiger partial charge in [0.1, 0.15) is 4.99 Å². The number of likely N-dealkylation sites (N-methyl/N-ethyl adjacent to an activating group) is 1. The van der Waals surface area contributed by atoms with E-state index >= 15 is 0 Å². The van der Waals surface area contributed by atoms with E-state index in [0.29, 0.717) is 23.7 Å². The zero-order valence-electron chi connectivity index (χ0n) is 12.3. The summed E-state index contributed by atoms with van der Waals surface area (Å²) in [5.74, 6) is 0.524. The molecule has 0 radical (unpaired) electrons. The van der Waals surface area contributed by atoms with Crippen molar-refractivity contribution in [1.82, 2.24) is 4.90 Å². The molecule has 4 nitrogen and oxygen atoms in total. The van der Waals surface area contributed by atoms with E-state index in [-0.39, 0.29) is 10.9 Å². The van der Waals surface area contributed by atoms with Crippen LogP contribution in [0.5, 0.6) is 0 Å². The van der Waals surface area contributed by atoms with Crippen molar-refractivity contribution in [2.75, 3.05) is 25.5 Å². The molecule has 0 aliphatic rings. The average Bonchev–Trinajstić information content (AvgIpc) is 2.38. The van der Waals surface area contributed by atoms with Gasteiger partial charge in [-0.1, -0.05) is 44.6 Å². The van der Waals surface area contributed by atoms with Crippen LogP contribution in [0.15, 0.2) is 24.3 Å². The van der Waals surface area contributed by atoms with E-state index in [9.17, 15) is 4.79 Å². The van der Waals surface area contributed by atoms with Crippen LogP contribution in [0, 0.1) is 5.92 Å². The predicted octanol–water partition coefficient (Wildman–Crippen LogP) is 2.24. The van der Waals surface area contributed by atoms with Crippen molar-refractivity contribution in [2.24, 2.45) is 11.7 Å². The molecule has 1 amide bonds. The molecule has 1 aromatic carbocycles. The second-order valence-corrected chi connectivity index (χ2v) is 5.61. The summed E-state index contributed by atoms with van der Waals surface area (Å²) in [5.41, 5.74) is 7.01. The molecule has 20 heavy (non-hydrogen) atoms. The Hall–Kier alpha value is -1.46. The van der Waals surface area contributed by atoms with Gasteiger partial charge in [-0.2, -0.15) is 0 Å². The second-order valence-electron chi connectivity index (χ2n) is 5.17. The minimum Gasteiger partial charge on any atom is -0.389 e. The highest BCUT2D eigenvalue weighted by atomic mass is 32.1. The van der Waals surface area contributed by atoms with Gasteiger partial charge in [-0.05, 0) is 25.1 Å². The third-order valence-electron chi connectivity index (χ3n) is 3.20. The summed E-state index contributed by atoms with van der Waals surface area (Å²) < 4.78 is 0. The summed E-state index contributed by atoms with van der Waals surface area (Å²) in [6.07, 6.45) is 1.11. The number of carbonyl (C=O) groups is 1. The molecule has 0 saturated carbocycles. The van der Waals surface area contributed by atoms with Gasteiger partial charge < -0.3 is 11.1 Å². The largest absolute Gasteiger partial charge is 0.389 e. The van der Waals surface area contributed by atoms with E-state index in [0.717, 1.165) is 13.0 Å². The van der Waals surface area contributed by atoms with E-state index in [2.05, 4.69) is 19.2 Å². The van der Waals surface area contributed by atoms with Crippen LogP contribution in [0.2, 0.25) is 0 Å². The maximum Gasteiger partial charge on any atom is 0.238 e. The smallest absolute Gasteiger partial charge is 0.238 e. The summed E-state index contributed by atoms with van der Waals surface area (Å²) in [6.45, 7) is 5.59. The van der Waals surface area contributed by atoms with Crippen LogP contribution in [0.4, 0.5) is 5.69 Å². The van der Waals surface area contributed by atoms with Gasteiger partial charge >= 0.3 is 0 Å². The summed E-state index contributed by atoms with van der Waals surface area (Å²) >= 11 is 4.98. The van der Waals surface area contributed by atoms with E-state index < -0.39 is 0 Å². The number of rotatable bonds is 7. The number of anilines is 1. The Morgan fingerprint density at radius 3 is 2.70 bits per heavy atom. The summed E-state index contributed by atoms with van der Waals surface area (Å²) in [4.78, 5) is 14.3. The standard InChI is InChI=1S/C15H23N3OS/c1-4-11(2)9-18(3)10-14(19)17-13-8-6-5-7-12(13)15(16)20/h5-8,11H,4,9-10H2,1-3H3,(H2,16,20)(H,17,19). The Labute approximate surface area is 126 Å². The number of amides is 1. The molecular weight excluding hydrogens is 270 g/mol. The van der Waals surface area contributed by atoms with Crippen molar-refractivity contribution in [2.45, 2.75) is 20.3 Å². The van der Waals surface area contributed by atoms with Gasteiger partial charge in [0.05, 0.1) is 12.2 Å². The molecule has 0 aromatic heterocycles. The van der Waals surface area contributed by atoms with Crippen LogP contribution in [0.1, 0.15) is 25.8 Å². The molecule has 1 unspecified atom stereocenters. The van der Waals surface area contributed by atoms with Crippen molar-refractivity contribution in [3.63, 3.8) is 0 Å². The zero-order valence-corrected chi connectivity index (χ0v) is 13.2. The number of hydrogen-bond acceptors (Lipinski definition) is 3. The number of nitrogens with zero attached hydrogens (tertiary/aromatic N) is 1. The molecule has 0 fully saturated rings. The van der Waals surface area contributed by atoms with Crippen molar-refractivity contribution in [1.29, 1.82) is 0 Å². The third kappa shape index (κ3) is 5.27. The number of carbonyl (C=O) groups excluding carboxylic acids is 1. The quantitative estimate of drug-likeness (QED) is 0.757. The lowest BCUT2D eigenvalue weighted by Gasteiger charge is -2.20. The molecule has 0 bridgehead atoms. The third-order valence-corrected chi connectivity index (χ3v) is 3.42. The Balaban J connectivity index is 2.61. The Morgan fingerprint density at radius 1 is 1.45 bits per heavy atom. The molecule has 5 heteroatoms. The number of nitrogens with one attached hydrogen (secondary N) is 1. The average molecular weight is 293 g/mol. The minimum absolute atomic E-state index is 0.0560.